The number of halogens is 2. The minimum Gasteiger partial charge on any atom is -0.396 e. The molecule has 1 aromatic rings. The molecule has 1 aromatic carbocycles. The largest absolute Gasteiger partial charge is 0.396 e. The van der Waals surface area contributed by atoms with Crippen LogP contribution in [0.3, 0.4) is 0 Å². The van der Waals surface area contributed by atoms with Gasteiger partial charge in [0, 0.05) is 29.9 Å². The van der Waals surface area contributed by atoms with Crippen molar-refractivity contribution in [2.75, 3.05) is 24.7 Å². The van der Waals surface area contributed by atoms with E-state index in [1.54, 1.807) is 6.07 Å². The van der Waals surface area contributed by atoms with E-state index in [1.165, 1.54) is 12.1 Å². The second-order valence-electron chi connectivity index (χ2n) is 3.60. The molecule has 5 heteroatoms. The number of aliphatic hydroxyl groups is 1. The summed E-state index contributed by atoms with van der Waals surface area (Å²) in [5.74, 6) is 1.79. The highest BCUT2D eigenvalue weighted by Gasteiger charge is 2.00. The van der Waals surface area contributed by atoms with Gasteiger partial charge in [-0.05, 0) is 35.9 Å². The Balaban J connectivity index is 2.15. The predicted octanol–water partition coefficient (Wildman–Crippen LogP) is 2.79. The molecule has 0 aromatic heterocycles. The van der Waals surface area contributed by atoms with Crippen molar-refractivity contribution in [2.24, 2.45) is 0 Å². The van der Waals surface area contributed by atoms with E-state index in [9.17, 15) is 4.39 Å². The Kier molecular flexibility index (Phi) is 7.84. The third-order valence-electron chi connectivity index (χ3n) is 2.19. The Morgan fingerprint density at radius 1 is 1.35 bits per heavy atom. The highest BCUT2D eigenvalue weighted by Crippen LogP contribution is 2.17. The van der Waals surface area contributed by atoms with Crippen molar-refractivity contribution < 1.29 is 9.50 Å². The van der Waals surface area contributed by atoms with Gasteiger partial charge >= 0.3 is 0 Å². The summed E-state index contributed by atoms with van der Waals surface area (Å²) in [7, 11) is 0. The third kappa shape index (κ3) is 6.41. The van der Waals surface area contributed by atoms with Crippen molar-refractivity contribution in [3.8, 4) is 0 Å². The van der Waals surface area contributed by atoms with Crippen molar-refractivity contribution >= 4 is 27.7 Å². The van der Waals surface area contributed by atoms with E-state index in [-0.39, 0.29) is 12.4 Å². The zero-order chi connectivity index (χ0) is 12.5. The van der Waals surface area contributed by atoms with E-state index in [2.05, 4.69) is 21.2 Å². The van der Waals surface area contributed by atoms with Crippen molar-refractivity contribution in [2.45, 2.75) is 13.0 Å². The van der Waals surface area contributed by atoms with Crippen LogP contribution in [0, 0.1) is 5.82 Å². The first-order valence-corrected chi connectivity index (χ1v) is 7.52. The fourth-order valence-corrected chi connectivity index (χ4v) is 2.53. The minimum absolute atomic E-state index is 0.206. The molecule has 0 heterocycles. The van der Waals surface area contributed by atoms with Crippen LogP contribution < -0.4 is 5.32 Å². The number of hydrogen-bond donors (Lipinski definition) is 2. The Labute approximate surface area is 114 Å². The van der Waals surface area contributed by atoms with E-state index in [0.717, 1.165) is 34.5 Å². The van der Waals surface area contributed by atoms with Crippen molar-refractivity contribution in [3.63, 3.8) is 0 Å². The first-order chi connectivity index (χ1) is 8.24. The number of benzene rings is 1. The smallest absolute Gasteiger partial charge is 0.123 e. The van der Waals surface area contributed by atoms with Crippen LogP contribution in [-0.2, 0) is 6.54 Å². The quantitative estimate of drug-likeness (QED) is 0.722. The van der Waals surface area contributed by atoms with Crippen molar-refractivity contribution in [1.82, 2.24) is 5.32 Å². The summed E-state index contributed by atoms with van der Waals surface area (Å²) < 4.78 is 13.9. The van der Waals surface area contributed by atoms with Crippen molar-refractivity contribution in [3.05, 3.63) is 34.1 Å². The van der Waals surface area contributed by atoms with Gasteiger partial charge in [0.1, 0.15) is 5.82 Å². The van der Waals surface area contributed by atoms with E-state index in [0.29, 0.717) is 6.54 Å². The molecule has 96 valence electrons. The lowest BCUT2D eigenvalue weighted by molar-refractivity contribution is 0.296. The molecule has 1 rings (SSSR count). The lowest BCUT2D eigenvalue weighted by atomic mass is 10.2. The minimum atomic E-state index is -0.206. The van der Waals surface area contributed by atoms with E-state index >= 15 is 0 Å². The van der Waals surface area contributed by atoms with Crippen molar-refractivity contribution in [1.29, 1.82) is 0 Å². The Hall–Kier alpha value is -0.100. The number of rotatable bonds is 8. The molecule has 2 nitrogen and oxygen atoms in total. The lowest BCUT2D eigenvalue weighted by Gasteiger charge is -2.07. The average molecular weight is 322 g/mol. The summed E-state index contributed by atoms with van der Waals surface area (Å²) in [4.78, 5) is 0. The molecule has 2 N–H and O–H groups in total. The molecule has 0 bridgehead atoms. The molecule has 0 aliphatic rings. The van der Waals surface area contributed by atoms with Crippen LogP contribution in [0.2, 0.25) is 0 Å². The van der Waals surface area contributed by atoms with E-state index in [4.69, 9.17) is 5.11 Å². The molecule has 0 atom stereocenters. The zero-order valence-corrected chi connectivity index (χ0v) is 12.0. The molecule has 0 aliphatic heterocycles. The molecule has 17 heavy (non-hydrogen) atoms. The number of thioether (sulfide) groups is 1. The van der Waals surface area contributed by atoms with E-state index in [1.807, 2.05) is 11.8 Å². The van der Waals surface area contributed by atoms with Gasteiger partial charge in [0.25, 0.3) is 0 Å². The highest BCUT2D eigenvalue weighted by molar-refractivity contribution is 9.10. The first-order valence-electron chi connectivity index (χ1n) is 5.57. The van der Waals surface area contributed by atoms with Crippen LogP contribution in [-0.4, -0.2) is 29.8 Å². The van der Waals surface area contributed by atoms with Crippen LogP contribution in [0.25, 0.3) is 0 Å². The standard InChI is InChI=1S/C12H17BrFNOS/c13-12-3-2-11(14)8-10(12)9-15-4-7-17-6-1-5-16/h2-3,8,15-16H,1,4-7,9H2. The molecule has 0 saturated heterocycles. The summed E-state index contributed by atoms with van der Waals surface area (Å²) >= 11 is 5.21. The first kappa shape index (κ1) is 15.0. The Bertz CT molecular complexity index is 338. The number of hydrogen-bond acceptors (Lipinski definition) is 3. The van der Waals surface area contributed by atoms with Gasteiger partial charge in [-0.1, -0.05) is 15.9 Å². The lowest BCUT2D eigenvalue weighted by Crippen LogP contribution is -2.17. The fraction of sp³-hybridized carbons (Fsp3) is 0.500. The summed E-state index contributed by atoms with van der Waals surface area (Å²) in [5.41, 5.74) is 0.936. The van der Waals surface area contributed by atoms with Gasteiger partial charge in [-0.25, -0.2) is 4.39 Å². The maximum Gasteiger partial charge on any atom is 0.123 e. The number of nitrogens with one attached hydrogen (secondary N) is 1. The van der Waals surface area contributed by atoms with Gasteiger partial charge in [-0.3, -0.25) is 0 Å². The van der Waals surface area contributed by atoms with Gasteiger partial charge in [-0.15, -0.1) is 0 Å². The maximum absolute atomic E-state index is 13.0. The highest BCUT2D eigenvalue weighted by atomic mass is 79.9. The molecule has 0 spiro atoms. The Morgan fingerprint density at radius 3 is 2.94 bits per heavy atom. The molecule has 0 aliphatic carbocycles. The third-order valence-corrected chi connectivity index (χ3v) is 4.04. The monoisotopic (exact) mass is 321 g/mol. The van der Waals surface area contributed by atoms with Gasteiger partial charge in [0.15, 0.2) is 0 Å². The van der Waals surface area contributed by atoms with Gasteiger partial charge in [0.2, 0.25) is 0 Å². The second-order valence-corrected chi connectivity index (χ2v) is 5.68. The van der Waals surface area contributed by atoms with Crippen LogP contribution in [0.5, 0.6) is 0 Å². The van der Waals surface area contributed by atoms with E-state index < -0.39 is 0 Å². The Morgan fingerprint density at radius 2 is 2.18 bits per heavy atom. The zero-order valence-electron chi connectivity index (χ0n) is 9.59. The van der Waals surface area contributed by atoms with Gasteiger partial charge in [-0.2, -0.15) is 11.8 Å². The summed E-state index contributed by atoms with van der Waals surface area (Å²) in [6.45, 7) is 1.81. The molecular formula is C12H17BrFNOS. The summed E-state index contributed by atoms with van der Waals surface area (Å²) in [6, 6.07) is 4.71. The summed E-state index contributed by atoms with van der Waals surface area (Å²) in [5, 5.41) is 11.9. The van der Waals surface area contributed by atoms with Crippen LogP contribution in [0.1, 0.15) is 12.0 Å². The normalized spacial score (nSPS) is 10.8. The number of aliphatic hydroxyl groups excluding tert-OH is 1. The molecule has 0 fully saturated rings. The van der Waals surface area contributed by atoms with Gasteiger partial charge < -0.3 is 10.4 Å². The van der Waals surface area contributed by atoms with Crippen LogP contribution in [0.15, 0.2) is 22.7 Å². The molecular weight excluding hydrogens is 305 g/mol. The molecule has 0 unspecified atom stereocenters. The summed E-state index contributed by atoms with van der Waals surface area (Å²) in [6.07, 6.45) is 0.847. The fourth-order valence-electron chi connectivity index (χ4n) is 1.31. The SMILES string of the molecule is OCCCSCCNCc1cc(F)ccc1Br. The van der Waals surface area contributed by atoms with Crippen LogP contribution in [0.4, 0.5) is 4.39 Å². The predicted molar refractivity (Wildman–Crippen MR) is 74.8 cm³/mol. The second kappa shape index (κ2) is 8.91. The molecule has 0 amide bonds. The average Bonchev–Trinajstić information content (AvgIpc) is 2.32. The van der Waals surface area contributed by atoms with Crippen LogP contribution >= 0.6 is 27.7 Å². The topological polar surface area (TPSA) is 32.3 Å². The maximum atomic E-state index is 13.0. The molecule has 0 saturated carbocycles. The molecule has 0 radical (unpaired) electrons. The van der Waals surface area contributed by atoms with Gasteiger partial charge in [0.05, 0.1) is 0 Å².